The van der Waals surface area contributed by atoms with Crippen molar-refractivity contribution in [1.82, 2.24) is 14.9 Å². The minimum absolute atomic E-state index is 0.0986. The molecule has 2 aliphatic rings. The Balaban J connectivity index is 1.51. The molecular formula is C21H23N3O5. The van der Waals surface area contributed by atoms with E-state index in [4.69, 9.17) is 14.2 Å². The molecule has 0 unspecified atom stereocenters. The summed E-state index contributed by atoms with van der Waals surface area (Å²) in [6, 6.07) is 5.04. The predicted molar refractivity (Wildman–Crippen MR) is 104 cm³/mol. The molecule has 1 aliphatic carbocycles. The van der Waals surface area contributed by atoms with Gasteiger partial charge in [-0.1, -0.05) is 0 Å². The Morgan fingerprint density at radius 1 is 1.10 bits per heavy atom. The molecule has 0 spiro atoms. The minimum Gasteiger partial charge on any atom is -0.485 e. The number of ketones is 1. The fourth-order valence-electron chi connectivity index (χ4n) is 3.10. The number of Topliss-reactive ketones (excluding diaryl/α,β-unsaturated/α-hetero) is 1. The van der Waals surface area contributed by atoms with Gasteiger partial charge in [-0.05, 0) is 38.3 Å². The summed E-state index contributed by atoms with van der Waals surface area (Å²) in [4.78, 5) is 34.1. The lowest BCUT2D eigenvalue weighted by Crippen LogP contribution is -2.42. The van der Waals surface area contributed by atoms with Gasteiger partial charge in [0.2, 0.25) is 5.88 Å². The number of nitrogens with zero attached hydrogens (tertiary/aromatic N) is 3. The van der Waals surface area contributed by atoms with Crippen molar-refractivity contribution in [3.63, 3.8) is 0 Å². The Bertz CT molecular complexity index is 920. The van der Waals surface area contributed by atoms with Gasteiger partial charge in [0.25, 0.3) is 5.91 Å². The Kier molecular flexibility index (Phi) is 5.19. The van der Waals surface area contributed by atoms with Crippen LogP contribution < -0.4 is 9.47 Å². The Labute approximate surface area is 168 Å². The highest BCUT2D eigenvalue weighted by atomic mass is 16.5. The minimum atomic E-state index is -0.333. The monoisotopic (exact) mass is 397 g/mol. The van der Waals surface area contributed by atoms with Crippen LogP contribution in [-0.4, -0.2) is 59.0 Å². The van der Waals surface area contributed by atoms with E-state index in [-0.39, 0.29) is 28.9 Å². The van der Waals surface area contributed by atoms with Crippen LogP contribution in [0, 0.1) is 0 Å². The zero-order valence-electron chi connectivity index (χ0n) is 16.5. The third kappa shape index (κ3) is 4.37. The molecule has 2 heterocycles. The highest BCUT2D eigenvalue weighted by Gasteiger charge is 2.45. The van der Waals surface area contributed by atoms with Crippen LogP contribution in [0.3, 0.4) is 0 Å². The number of methoxy groups -OCH3 is 1. The van der Waals surface area contributed by atoms with Crippen molar-refractivity contribution in [3.8, 4) is 17.4 Å². The maximum Gasteiger partial charge on any atom is 0.274 e. The molecule has 8 heteroatoms. The number of carbonyl (C=O) groups excluding carboxylic acids is 2. The summed E-state index contributed by atoms with van der Waals surface area (Å²) >= 11 is 0. The first-order chi connectivity index (χ1) is 14.0. The summed E-state index contributed by atoms with van der Waals surface area (Å²) in [5, 5.41) is 0. The zero-order chi connectivity index (χ0) is 20.4. The van der Waals surface area contributed by atoms with Crippen molar-refractivity contribution >= 4 is 11.7 Å². The molecule has 0 radical (unpaired) electrons. The summed E-state index contributed by atoms with van der Waals surface area (Å²) < 4.78 is 17.1. The molecule has 2 fully saturated rings. The molecule has 1 amide bonds. The van der Waals surface area contributed by atoms with Gasteiger partial charge in [-0.25, -0.2) is 9.97 Å². The van der Waals surface area contributed by atoms with E-state index in [0.29, 0.717) is 23.7 Å². The zero-order valence-corrected chi connectivity index (χ0v) is 16.5. The second-order valence-electron chi connectivity index (χ2n) is 7.46. The standard InChI is InChI=1S/C21H23N3O5/c1-14(25)15-8-16(10-17(9-15)29-21(4-5-21)13-27-2)28-19-12-22-18(11-23-19)20(26)24-6-3-7-24/h8-12H,3-7,13H2,1-2H3. The van der Waals surface area contributed by atoms with E-state index < -0.39 is 0 Å². The van der Waals surface area contributed by atoms with Gasteiger partial charge in [0.15, 0.2) is 5.78 Å². The number of rotatable bonds is 8. The Morgan fingerprint density at radius 3 is 2.41 bits per heavy atom. The summed E-state index contributed by atoms with van der Waals surface area (Å²) in [5.74, 6) is 0.961. The second-order valence-corrected chi connectivity index (χ2v) is 7.46. The van der Waals surface area contributed by atoms with E-state index in [9.17, 15) is 9.59 Å². The van der Waals surface area contributed by atoms with E-state index >= 15 is 0 Å². The molecule has 8 nitrogen and oxygen atoms in total. The number of benzene rings is 1. The van der Waals surface area contributed by atoms with Gasteiger partial charge >= 0.3 is 0 Å². The van der Waals surface area contributed by atoms with Crippen LogP contribution in [0.5, 0.6) is 17.4 Å². The highest BCUT2D eigenvalue weighted by Crippen LogP contribution is 2.41. The van der Waals surface area contributed by atoms with Crippen molar-refractivity contribution in [2.24, 2.45) is 0 Å². The predicted octanol–water partition coefficient (Wildman–Crippen LogP) is 2.88. The number of hydrogen-bond acceptors (Lipinski definition) is 7. The number of ether oxygens (including phenoxy) is 3. The number of likely N-dealkylation sites (tertiary alicyclic amines) is 1. The van der Waals surface area contributed by atoms with E-state index in [1.54, 1.807) is 30.2 Å². The largest absolute Gasteiger partial charge is 0.485 e. The maximum absolute atomic E-state index is 12.2. The molecule has 1 aromatic carbocycles. The summed E-state index contributed by atoms with van der Waals surface area (Å²) in [6.07, 6.45) is 5.63. The SMILES string of the molecule is COCC1(Oc2cc(Oc3cnc(C(=O)N4CCC4)cn3)cc(C(C)=O)c2)CC1. The lowest BCUT2D eigenvalue weighted by molar-refractivity contribution is 0.0636. The van der Waals surface area contributed by atoms with Gasteiger partial charge in [0.05, 0.1) is 19.0 Å². The van der Waals surface area contributed by atoms with Crippen molar-refractivity contribution in [3.05, 3.63) is 41.9 Å². The third-order valence-electron chi connectivity index (χ3n) is 5.05. The van der Waals surface area contributed by atoms with Gasteiger partial charge in [-0.3, -0.25) is 9.59 Å². The van der Waals surface area contributed by atoms with Crippen molar-refractivity contribution in [1.29, 1.82) is 0 Å². The van der Waals surface area contributed by atoms with E-state index in [0.717, 1.165) is 32.4 Å². The summed E-state index contributed by atoms with van der Waals surface area (Å²) in [5.41, 5.74) is 0.428. The van der Waals surface area contributed by atoms with Crippen molar-refractivity contribution < 1.29 is 23.8 Å². The highest BCUT2D eigenvalue weighted by molar-refractivity contribution is 5.95. The average molecular weight is 397 g/mol. The number of amides is 1. The first-order valence-corrected chi connectivity index (χ1v) is 9.61. The Hall–Kier alpha value is -3.00. The van der Waals surface area contributed by atoms with Crippen LogP contribution in [0.25, 0.3) is 0 Å². The van der Waals surface area contributed by atoms with Crippen molar-refractivity contribution in [2.45, 2.75) is 31.8 Å². The van der Waals surface area contributed by atoms with Gasteiger partial charge in [0.1, 0.15) is 22.8 Å². The van der Waals surface area contributed by atoms with Crippen LogP contribution in [-0.2, 0) is 4.74 Å². The number of carbonyl (C=O) groups is 2. The van der Waals surface area contributed by atoms with Gasteiger partial charge < -0.3 is 19.1 Å². The first kappa shape index (κ1) is 19.3. The lowest BCUT2D eigenvalue weighted by atomic mass is 10.1. The topological polar surface area (TPSA) is 90.8 Å². The molecule has 0 bridgehead atoms. The van der Waals surface area contributed by atoms with E-state index in [1.165, 1.54) is 19.3 Å². The molecule has 1 aromatic heterocycles. The number of aromatic nitrogens is 2. The average Bonchev–Trinajstić information content (AvgIpc) is 3.40. The normalized spacial score (nSPS) is 16.7. The molecule has 4 rings (SSSR count). The third-order valence-corrected chi connectivity index (χ3v) is 5.05. The molecule has 1 saturated carbocycles. The van der Waals surface area contributed by atoms with Crippen LogP contribution in [0.4, 0.5) is 0 Å². The smallest absolute Gasteiger partial charge is 0.274 e. The Morgan fingerprint density at radius 2 is 1.86 bits per heavy atom. The molecule has 2 aromatic rings. The quantitative estimate of drug-likeness (QED) is 0.633. The first-order valence-electron chi connectivity index (χ1n) is 9.61. The molecule has 1 aliphatic heterocycles. The fraction of sp³-hybridized carbons (Fsp3) is 0.429. The molecular weight excluding hydrogens is 374 g/mol. The van der Waals surface area contributed by atoms with Gasteiger partial charge in [0, 0.05) is 31.8 Å². The number of hydrogen-bond donors (Lipinski definition) is 0. The molecule has 0 atom stereocenters. The molecule has 1 saturated heterocycles. The van der Waals surface area contributed by atoms with Crippen LogP contribution in [0.1, 0.15) is 47.0 Å². The van der Waals surface area contributed by atoms with E-state index in [1.807, 2.05) is 0 Å². The lowest BCUT2D eigenvalue weighted by Gasteiger charge is -2.30. The fourth-order valence-corrected chi connectivity index (χ4v) is 3.10. The molecule has 152 valence electrons. The summed E-state index contributed by atoms with van der Waals surface area (Å²) in [7, 11) is 1.64. The second kappa shape index (κ2) is 7.79. The van der Waals surface area contributed by atoms with Gasteiger partial charge in [-0.2, -0.15) is 0 Å². The van der Waals surface area contributed by atoms with Crippen LogP contribution >= 0.6 is 0 Å². The summed E-state index contributed by atoms with van der Waals surface area (Å²) in [6.45, 7) is 3.49. The van der Waals surface area contributed by atoms with Crippen molar-refractivity contribution in [2.75, 3.05) is 26.8 Å². The molecule has 0 N–H and O–H groups in total. The van der Waals surface area contributed by atoms with Crippen LogP contribution in [0.15, 0.2) is 30.6 Å². The van der Waals surface area contributed by atoms with Gasteiger partial charge in [-0.15, -0.1) is 0 Å². The molecule has 29 heavy (non-hydrogen) atoms. The van der Waals surface area contributed by atoms with Crippen LogP contribution in [0.2, 0.25) is 0 Å². The van der Waals surface area contributed by atoms with E-state index in [2.05, 4.69) is 9.97 Å². The maximum atomic E-state index is 12.2.